The minimum absolute atomic E-state index is 0.0237. The van der Waals surface area contributed by atoms with Gasteiger partial charge in [-0.15, -0.1) is 0 Å². The predicted molar refractivity (Wildman–Crippen MR) is 129 cm³/mol. The van der Waals surface area contributed by atoms with Gasteiger partial charge in [-0.25, -0.2) is 9.07 Å². The van der Waals surface area contributed by atoms with Crippen molar-refractivity contribution in [2.24, 2.45) is 5.92 Å². The molecule has 33 heavy (non-hydrogen) atoms. The number of hydrogen-bond acceptors (Lipinski definition) is 3. The Morgan fingerprint density at radius 1 is 1.12 bits per heavy atom. The van der Waals surface area contributed by atoms with Crippen LogP contribution in [0.15, 0.2) is 54.6 Å². The standard InChI is InChI=1S/C27H33FN4O/c1-4-15-30-16-14-26-24(18-30)25(29-32(26)23-12-10-22(28)11-13-23)19-31(17-20(2)3)27(33)21-8-6-5-7-9-21/h5-13,20H,4,14-19H2,1-3H3. The summed E-state index contributed by atoms with van der Waals surface area (Å²) in [5.74, 6) is 0.102. The molecular weight excluding hydrogens is 415 g/mol. The average molecular weight is 449 g/mol. The van der Waals surface area contributed by atoms with E-state index >= 15 is 0 Å². The largest absolute Gasteiger partial charge is 0.332 e. The SMILES string of the molecule is CCCN1CCc2c(c(CN(CC(C)C)C(=O)c3ccccc3)nn2-c2ccc(F)cc2)C1. The van der Waals surface area contributed by atoms with Crippen LogP contribution in [0.4, 0.5) is 4.39 Å². The average Bonchev–Trinajstić information content (AvgIpc) is 3.17. The maximum absolute atomic E-state index is 13.5. The highest BCUT2D eigenvalue weighted by Gasteiger charge is 2.28. The van der Waals surface area contributed by atoms with Gasteiger partial charge in [-0.05, 0) is 55.3 Å². The van der Waals surface area contributed by atoms with Crippen molar-refractivity contribution >= 4 is 5.91 Å². The maximum atomic E-state index is 13.5. The van der Waals surface area contributed by atoms with E-state index in [1.54, 1.807) is 12.1 Å². The molecule has 0 radical (unpaired) electrons. The van der Waals surface area contributed by atoms with Crippen molar-refractivity contribution < 1.29 is 9.18 Å². The Balaban J connectivity index is 1.71. The normalized spacial score (nSPS) is 13.8. The number of carbonyl (C=O) groups is 1. The van der Waals surface area contributed by atoms with Crippen molar-refractivity contribution in [3.05, 3.63) is 82.9 Å². The fraction of sp³-hybridized carbons (Fsp3) is 0.407. The molecule has 1 aliphatic heterocycles. The van der Waals surface area contributed by atoms with E-state index in [0.29, 0.717) is 24.6 Å². The number of hydrogen-bond donors (Lipinski definition) is 0. The lowest BCUT2D eigenvalue weighted by Gasteiger charge is -2.28. The molecule has 0 N–H and O–H groups in total. The van der Waals surface area contributed by atoms with Gasteiger partial charge in [0.05, 0.1) is 23.6 Å². The molecule has 1 aromatic heterocycles. The number of nitrogens with zero attached hydrogens (tertiary/aromatic N) is 4. The molecule has 6 heteroatoms. The summed E-state index contributed by atoms with van der Waals surface area (Å²) in [6, 6.07) is 15.9. The molecule has 174 valence electrons. The highest BCUT2D eigenvalue weighted by Crippen LogP contribution is 2.27. The molecule has 0 bridgehead atoms. The second kappa shape index (κ2) is 10.3. The Labute approximate surface area is 195 Å². The zero-order valence-corrected chi connectivity index (χ0v) is 19.8. The molecule has 2 heterocycles. The zero-order chi connectivity index (χ0) is 23.4. The summed E-state index contributed by atoms with van der Waals surface area (Å²) in [6.07, 6.45) is 1.99. The Kier molecular flexibility index (Phi) is 7.23. The van der Waals surface area contributed by atoms with E-state index in [-0.39, 0.29) is 11.7 Å². The van der Waals surface area contributed by atoms with Gasteiger partial charge in [0.15, 0.2) is 0 Å². The molecule has 3 aromatic rings. The van der Waals surface area contributed by atoms with Crippen LogP contribution in [0.1, 0.15) is 54.5 Å². The summed E-state index contributed by atoms with van der Waals surface area (Å²) in [5.41, 5.74) is 4.85. The van der Waals surface area contributed by atoms with Gasteiger partial charge in [0.2, 0.25) is 0 Å². The third kappa shape index (κ3) is 5.33. The lowest BCUT2D eigenvalue weighted by molar-refractivity contribution is 0.0719. The monoisotopic (exact) mass is 448 g/mol. The van der Waals surface area contributed by atoms with E-state index in [1.807, 2.05) is 39.9 Å². The first kappa shape index (κ1) is 23.2. The number of benzene rings is 2. The number of amides is 1. The maximum Gasteiger partial charge on any atom is 0.254 e. The Morgan fingerprint density at radius 2 is 1.85 bits per heavy atom. The summed E-state index contributed by atoms with van der Waals surface area (Å²) in [5, 5.41) is 4.98. The van der Waals surface area contributed by atoms with E-state index in [1.165, 1.54) is 23.4 Å². The van der Waals surface area contributed by atoms with E-state index in [9.17, 15) is 9.18 Å². The van der Waals surface area contributed by atoms with Crippen LogP contribution in [0.2, 0.25) is 0 Å². The number of rotatable bonds is 8. The van der Waals surface area contributed by atoms with Gasteiger partial charge in [0.1, 0.15) is 5.82 Å². The highest BCUT2D eigenvalue weighted by atomic mass is 19.1. The van der Waals surface area contributed by atoms with Crippen LogP contribution in [-0.4, -0.2) is 45.1 Å². The molecule has 0 atom stereocenters. The lowest BCUT2D eigenvalue weighted by atomic mass is 10.0. The Hall–Kier alpha value is -2.99. The molecule has 0 aliphatic carbocycles. The molecule has 1 amide bonds. The molecule has 2 aromatic carbocycles. The van der Waals surface area contributed by atoms with E-state index in [0.717, 1.165) is 43.9 Å². The van der Waals surface area contributed by atoms with Crippen molar-refractivity contribution in [2.75, 3.05) is 19.6 Å². The van der Waals surface area contributed by atoms with Crippen molar-refractivity contribution in [2.45, 2.75) is 46.7 Å². The quantitative estimate of drug-likeness (QED) is 0.483. The lowest BCUT2D eigenvalue weighted by Crippen LogP contribution is -2.35. The van der Waals surface area contributed by atoms with Crippen molar-refractivity contribution in [3.8, 4) is 5.69 Å². The van der Waals surface area contributed by atoms with Gasteiger partial charge < -0.3 is 4.90 Å². The Bertz CT molecular complexity index is 1080. The number of aromatic nitrogens is 2. The first-order valence-electron chi connectivity index (χ1n) is 11.9. The van der Waals surface area contributed by atoms with Crippen LogP contribution >= 0.6 is 0 Å². The van der Waals surface area contributed by atoms with E-state index in [4.69, 9.17) is 5.10 Å². The van der Waals surface area contributed by atoms with Crippen LogP contribution in [-0.2, 0) is 19.5 Å². The van der Waals surface area contributed by atoms with Gasteiger partial charge in [-0.2, -0.15) is 5.10 Å². The molecule has 0 saturated carbocycles. The Morgan fingerprint density at radius 3 is 2.52 bits per heavy atom. The molecule has 0 fully saturated rings. The summed E-state index contributed by atoms with van der Waals surface area (Å²) in [4.78, 5) is 17.7. The number of carbonyl (C=O) groups excluding carboxylic acids is 1. The van der Waals surface area contributed by atoms with Crippen LogP contribution in [0.25, 0.3) is 5.69 Å². The van der Waals surface area contributed by atoms with Gasteiger partial charge >= 0.3 is 0 Å². The third-order valence-corrected chi connectivity index (χ3v) is 6.06. The molecular formula is C27H33FN4O. The van der Waals surface area contributed by atoms with Crippen molar-refractivity contribution in [1.82, 2.24) is 19.6 Å². The van der Waals surface area contributed by atoms with Crippen molar-refractivity contribution in [1.29, 1.82) is 0 Å². The molecule has 0 unspecified atom stereocenters. The van der Waals surface area contributed by atoms with Gasteiger partial charge in [0.25, 0.3) is 5.91 Å². The van der Waals surface area contributed by atoms with Gasteiger partial charge in [-0.3, -0.25) is 9.69 Å². The number of fused-ring (bicyclic) bond motifs is 1. The summed E-state index contributed by atoms with van der Waals surface area (Å²) in [6.45, 7) is 10.4. The van der Waals surface area contributed by atoms with E-state index in [2.05, 4.69) is 25.7 Å². The van der Waals surface area contributed by atoms with Crippen LogP contribution in [0.5, 0.6) is 0 Å². The van der Waals surface area contributed by atoms with Crippen LogP contribution in [0.3, 0.4) is 0 Å². The van der Waals surface area contributed by atoms with E-state index < -0.39 is 0 Å². The third-order valence-electron chi connectivity index (χ3n) is 6.06. The fourth-order valence-corrected chi connectivity index (χ4v) is 4.58. The van der Waals surface area contributed by atoms with Crippen LogP contribution in [0, 0.1) is 11.7 Å². The minimum atomic E-state index is -0.259. The molecule has 0 saturated heterocycles. The summed E-state index contributed by atoms with van der Waals surface area (Å²) < 4.78 is 15.5. The highest BCUT2D eigenvalue weighted by molar-refractivity contribution is 5.94. The minimum Gasteiger partial charge on any atom is -0.332 e. The first-order chi connectivity index (χ1) is 16.0. The molecule has 1 aliphatic rings. The topological polar surface area (TPSA) is 41.4 Å². The molecule has 4 rings (SSSR count). The molecule has 0 spiro atoms. The first-order valence-corrected chi connectivity index (χ1v) is 11.9. The zero-order valence-electron chi connectivity index (χ0n) is 19.8. The van der Waals surface area contributed by atoms with Crippen molar-refractivity contribution in [3.63, 3.8) is 0 Å². The molecule has 5 nitrogen and oxygen atoms in total. The smallest absolute Gasteiger partial charge is 0.254 e. The predicted octanol–water partition coefficient (Wildman–Crippen LogP) is 5.08. The fourth-order valence-electron chi connectivity index (χ4n) is 4.58. The summed E-state index contributed by atoms with van der Waals surface area (Å²) in [7, 11) is 0. The van der Waals surface area contributed by atoms with Gasteiger partial charge in [0, 0.05) is 37.2 Å². The van der Waals surface area contributed by atoms with Crippen LogP contribution < -0.4 is 0 Å². The second-order valence-electron chi connectivity index (χ2n) is 9.23. The van der Waals surface area contributed by atoms with Gasteiger partial charge in [-0.1, -0.05) is 39.0 Å². The summed E-state index contributed by atoms with van der Waals surface area (Å²) >= 11 is 0. The second-order valence-corrected chi connectivity index (χ2v) is 9.23. The number of halogens is 1.